The molecule has 29 heavy (non-hydrogen) atoms. The maximum absolute atomic E-state index is 12.9. The van der Waals surface area contributed by atoms with E-state index in [9.17, 15) is 4.79 Å². The van der Waals surface area contributed by atoms with Gasteiger partial charge in [0.25, 0.3) is 0 Å². The average molecular weight is 390 g/mol. The van der Waals surface area contributed by atoms with Crippen LogP contribution in [0.3, 0.4) is 0 Å². The Morgan fingerprint density at radius 3 is 2.55 bits per heavy atom. The van der Waals surface area contributed by atoms with Gasteiger partial charge < -0.3 is 4.74 Å². The third-order valence-corrected chi connectivity index (χ3v) is 6.08. The number of aromatic nitrogens is 2. The molecule has 0 spiro atoms. The number of ether oxygens (including phenoxy) is 1. The number of anilines is 1. The number of likely N-dealkylation sites (tertiary alicyclic amines) is 1. The Bertz CT molecular complexity index is 1020. The first kappa shape index (κ1) is 18.3. The molecule has 150 valence electrons. The molecule has 2 aliphatic rings. The number of para-hydroxylation sites is 2. The van der Waals surface area contributed by atoms with E-state index in [4.69, 9.17) is 9.72 Å². The molecule has 0 bridgehead atoms. The molecule has 0 atom stereocenters. The third kappa shape index (κ3) is 3.54. The van der Waals surface area contributed by atoms with Crippen LogP contribution in [-0.4, -0.2) is 52.7 Å². The van der Waals surface area contributed by atoms with Crippen molar-refractivity contribution < 1.29 is 9.53 Å². The van der Waals surface area contributed by atoms with Gasteiger partial charge in [-0.3, -0.25) is 19.6 Å². The highest BCUT2D eigenvalue weighted by Gasteiger charge is 2.37. The van der Waals surface area contributed by atoms with Crippen LogP contribution in [0, 0.1) is 12.8 Å². The average Bonchev–Trinajstić information content (AvgIpc) is 3.06. The van der Waals surface area contributed by atoms with E-state index in [1.807, 2.05) is 28.8 Å². The van der Waals surface area contributed by atoms with Crippen LogP contribution >= 0.6 is 0 Å². The molecule has 3 heterocycles. The summed E-state index contributed by atoms with van der Waals surface area (Å²) in [6.07, 6.45) is 2.13. The van der Waals surface area contributed by atoms with Gasteiger partial charge in [-0.05, 0) is 44.0 Å². The lowest BCUT2D eigenvalue weighted by atomic mass is 9.94. The fraction of sp³-hybridized carbons (Fsp3) is 0.391. The Kier molecular flexibility index (Phi) is 4.81. The summed E-state index contributed by atoms with van der Waals surface area (Å²) in [5.74, 6) is 0.658. The number of nitrogens with one attached hydrogen (secondary N) is 1. The van der Waals surface area contributed by atoms with Crippen molar-refractivity contribution in [2.45, 2.75) is 25.8 Å². The SMILES string of the molecule is Cc1ccc(-n2c(NC(=O)C3CN(C4CCOCC4)C3)nc3ccccc32)cc1. The van der Waals surface area contributed by atoms with Crippen molar-refractivity contribution in [2.24, 2.45) is 5.92 Å². The molecule has 1 aromatic heterocycles. The fourth-order valence-electron chi connectivity index (χ4n) is 4.30. The summed E-state index contributed by atoms with van der Waals surface area (Å²) in [6, 6.07) is 16.8. The zero-order chi connectivity index (χ0) is 19.8. The van der Waals surface area contributed by atoms with Gasteiger partial charge >= 0.3 is 0 Å². The highest BCUT2D eigenvalue weighted by Crippen LogP contribution is 2.28. The van der Waals surface area contributed by atoms with E-state index in [-0.39, 0.29) is 11.8 Å². The van der Waals surface area contributed by atoms with E-state index in [0.717, 1.165) is 55.9 Å². The summed E-state index contributed by atoms with van der Waals surface area (Å²) in [4.78, 5) is 20.0. The van der Waals surface area contributed by atoms with Crippen molar-refractivity contribution >= 4 is 22.9 Å². The van der Waals surface area contributed by atoms with Crippen molar-refractivity contribution in [3.8, 4) is 5.69 Å². The van der Waals surface area contributed by atoms with E-state index in [2.05, 4.69) is 41.4 Å². The second-order valence-electron chi connectivity index (χ2n) is 8.08. The minimum atomic E-state index is 0.0177. The predicted molar refractivity (Wildman–Crippen MR) is 113 cm³/mol. The lowest BCUT2D eigenvalue weighted by Gasteiger charge is -2.44. The molecule has 2 fully saturated rings. The van der Waals surface area contributed by atoms with Crippen molar-refractivity contribution in [2.75, 3.05) is 31.6 Å². The van der Waals surface area contributed by atoms with E-state index in [1.54, 1.807) is 0 Å². The lowest BCUT2D eigenvalue weighted by molar-refractivity contribution is -0.127. The van der Waals surface area contributed by atoms with Crippen LogP contribution < -0.4 is 5.32 Å². The number of carbonyl (C=O) groups is 1. The number of imidazole rings is 1. The molecule has 3 aromatic rings. The number of benzene rings is 2. The normalized spacial score (nSPS) is 18.7. The number of carbonyl (C=O) groups excluding carboxylic acids is 1. The molecule has 2 aromatic carbocycles. The molecule has 0 unspecified atom stereocenters. The first-order chi connectivity index (χ1) is 14.2. The van der Waals surface area contributed by atoms with Crippen molar-refractivity contribution in [3.05, 3.63) is 54.1 Å². The van der Waals surface area contributed by atoms with Gasteiger partial charge in [-0.2, -0.15) is 0 Å². The minimum absolute atomic E-state index is 0.0177. The number of hydrogen-bond donors (Lipinski definition) is 1. The van der Waals surface area contributed by atoms with Gasteiger partial charge in [0.1, 0.15) is 0 Å². The van der Waals surface area contributed by atoms with E-state index in [1.165, 1.54) is 5.56 Å². The predicted octanol–water partition coefficient (Wildman–Crippen LogP) is 3.38. The van der Waals surface area contributed by atoms with Crippen LogP contribution in [-0.2, 0) is 9.53 Å². The number of rotatable bonds is 4. The fourth-order valence-corrected chi connectivity index (χ4v) is 4.30. The zero-order valence-electron chi connectivity index (χ0n) is 16.7. The molecule has 2 saturated heterocycles. The van der Waals surface area contributed by atoms with Crippen LogP contribution in [0.25, 0.3) is 16.7 Å². The second-order valence-corrected chi connectivity index (χ2v) is 8.08. The van der Waals surface area contributed by atoms with Crippen LogP contribution in [0.4, 0.5) is 5.95 Å². The highest BCUT2D eigenvalue weighted by molar-refractivity contribution is 5.94. The molecular weight excluding hydrogens is 364 g/mol. The first-order valence-electron chi connectivity index (χ1n) is 10.4. The van der Waals surface area contributed by atoms with Gasteiger partial charge in [0.2, 0.25) is 11.9 Å². The topological polar surface area (TPSA) is 59.4 Å². The molecule has 1 amide bonds. The largest absolute Gasteiger partial charge is 0.381 e. The molecular formula is C23H26N4O2. The smallest absolute Gasteiger partial charge is 0.232 e. The Morgan fingerprint density at radius 1 is 1.07 bits per heavy atom. The summed E-state index contributed by atoms with van der Waals surface area (Å²) in [7, 11) is 0. The lowest BCUT2D eigenvalue weighted by Crippen LogP contribution is -2.57. The Labute approximate surface area is 170 Å². The van der Waals surface area contributed by atoms with Crippen LogP contribution in [0.2, 0.25) is 0 Å². The summed E-state index contributed by atoms with van der Waals surface area (Å²) < 4.78 is 7.48. The standard InChI is InChI=1S/C23H26N4O2/c1-16-6-8-19(9-7-16)27-21-5-3-2-4-20(21)24-23(27)25-22(28)17-14-26(15-17)18-10-12-29-13-11-18/h2-9,17-18H,10-15H2,1H3,(H,24,25,28). The Morgan fingerprint density at radius 2 is 1.79 bits per heavy atom. The minimum Gasteiger partial charge on any atom is -0.381 e. The summed E-state index contributed by atoms with van der Waals surface area (Å²) in [5, 5.41) is 3.10. The van der Waals surface area contributed by atoms with E-state index in [0.29, 0.717) is 12.0 Å². The number of nitrogens with zero attached hydrogens (tertiary/aromatic N) is 3. The summed E-state index contributed by atoms with van der Waals surface area (Å²) in [6.45, 7) is 5.37. The highest BCUT2D eigenvalue weighted by atomic mass is 16.5. The number of amides is 1. The van der Waals surface area contributed by atoms with E-state index >= 15 is 0 Å². The Hall–Kier alpha value is -2.70. The summed E-state index contributed by atoms with van der Waals surface area (Å²) in [5.41, 5.74) is 4.06. The maximum atomic E-state index is 12.9. The molecule has 2 aliphatic heterocycles. The monoisotopic (exact) mass is 390 g/mol. The molecule has 6 nitrogen and oxygen atoms in total. The van der Waals surface area contributed by atoms with Gasteiger partial charge in [-0.1, -0.05) is 29.8 Å². The molecule has 0 aliphatic carbocycles. The van der Waals surface area contributed by atoms with Crippen molar-refractivity contribution in [3.63, 3.8) is 0 Å². The summed E-state index contributed by atoms with van der Waals surface area (Å²) >= 11 is 0. The maximum Gasteiger partial charge on any atom is 0.232 e. The zero-order valence-corrected chi connectivity index (χ0v) is 16.7. The third-order valence-electron chi connectivity index (χ3n) is 6.08. The van der Waals surface area contributed by atoms with Crippen molar-refractivity contribution in [1.82, 2.24) is 14.5 Å². The van der Waals surface area contributed by atoms with Gasteiger partial charge in [0.15, 0.2) is 0 Å². The first-order valence-corrected chi connectivity index (χ1v) is 10.4. The van der Waals surface area contributed by atoms with Crippen molar-refractivity contribution in [1.29, 1.82) is 0 Å². The van der Waals surface area contributed by atoms with Gasteiger partial charge in [0, 0.05) is 38.0 Å². The van der Waals surface area contributed by atoms with Gasteiger partial charge in [-0.15, -0.1) is 0 Å². The van der Waals surface area contributed by atoms with Crippen LogP contribution in [0.5, 0.6) is 0 Å². The van der Waals surface area contributed by atoms with Gasteiger partial charge in [0.05, 0.1) is 17.0 Å². The number of hydrogen-bond acceptors (Lipinski definition) is 4. The molecule has 5 rings (SSSR count). The van der Waals surface area contributed by atoms with Crippen LogP contribution in [0.1, 0.15) is 18.4 Å². The number of fused-ring (bicyclic) bond motifs is 1. The molecule has 0 saturated carbocycles. The van der Waals surface area contributed by atoms with E-state index < -0.39 is 0 Å². The number of aryl methyl sites for hydroxylation is 1. The van der Waals surface area contributed by atoms with Crippen LogP contribution in [0.15, 0.2) is 48.5 Å². The molecule has 6 heteroatoms. The second kappa shape index (κ2) is 7.61. The molecule has 0 radical (unpaired) electrons. The van der Waals surface area contributed by atoms with Gasteiger partial charge in [-0.25, -0.2) is 4.98 Å². The Balaban J connectivity index is 1.36. The molecule has 1 N–H and O–H groups in total. The quantitative estimate of drug-likeness (QED) is 0.742.